The Morgan fingerprint density at radius 1 is 1.04 bits per heavy atom. The number of hydrogen-bond acceptors (Lipinski definition) is 7. The number of amides is 5. The molecule has 4 rings (SSSR count). The number of likely N-dealkylation sites (tertiary alicyclic amines) is 1. The van der Waals surface area contributed by atoms with E-state index in [2.05, 4.69) is 36.4 Å². The number of hydrogen-bond donors (Lipinski definition) is 3. The molecule has 0 spiro atoms. The van der Waals surface area contributed by atoms with E-state index in [0.717, 1.165) is 37.7 Å². The van der Waals surface area contributed by atoms with Gasteiger partial charge in [-0.2, -0.15) is 0 Å². The van der Waals surface area contributed by atoms with E-state index in [1.54, 1.807) is 37.6 Å². The minimum atomic E-state index is -1.21. The van der Waals surface area contributed by atoms with Crippen LogP contribution in [0.15, 0.2) is 43.0 Å². The summed E-state index contributed by atoms with van der Waals surface area (Å²) in [5.41, 5.74) is 0.0183. The first-order chi connectivity index (χ1) is 23.5. The minimum absolute atomic E-state index is 0.000208. The second kappa shape index (κ2) is 16.2. The smallest absolute Gasteiger partial charge is 0.408 e. The SMILES string of the molecule is C=CCC(NC(=O)[C@@H]1[C@@H]2[C@H](CN1C(=O)[C@@H](NC(=O)OC(C)(C)C)C1CCCCC1)C2(C)C)C(=O)C(=O)NCCC(=O)N(C)Cc1ccccc1. The predicted molar refractivity (Wildman–Crippen MR) is 188 cm³/mol. The van der Waals surface area contributed by atoms with Gasteiger partial charge in [0.1, 0.15) is 23.7 Å². The zero-order chi connectivity index (χ0) is 36.8. The summed E-state index contributed by atoms with van der Waals surface area (Å²) in [5, 5.41) is 8.11. The van der Waals surface area contributed by atoms with Crippen molar-refractivity contribution in [1.29, 1.82) is 0 Å². The number of ketones is 1. The van der Waals surface area contributed by atoms with Crippen LogP contribution in [0, 0.1) is 23.2 Å². The highest BCUT2D eigenvalue weighted by molar-refractivity contribution is 6.38. The fraction of sp³-hybridized carbons (Fsp3) is 0.632. The summed E-state index contributed by atoms with van der Waals surface area (Å²) in [6.07, 6.45) is 5.26. The zero-order valence-electron chi connectivity index (χ0n) is 30.5. The number of nitrogens with zero attached hydrogens (tertiary/aromatic N) is 2. The molecule has 1 unspecified atom stereocenters. The van der Waals surface area contributed by atoms with Crippen LogP contribution in [0.2, 0.25) is 0 Å². The molecule has 2 aliphatic carbocycles. The number of rotatable bonds is 14. The van der Waals surface area contributed by atoms with Crippen molar-refractivity contribution in [3.05, 3.63) is 48.6 Å². The molecular formula is C38H55N5O7. The highest BCUT2D eigenvalue weighted by Crippen LogP contribution is 2.65. The Morgan fingerprint density at radius 2 is 1.70 bits per heavy atom. The summed E-state index contributed by atoms with van der Waals surface area (Å²) >= 11 is 0. The maximum Gasteiger partial charge on any atom is 0.408 e. The van der Waals surface area contributed by atoms with Crippen molar-refractivity contribution in [2.45, 2.75) is 110 Å². The second-order valence-electron chi connectivity index (χ2n) is 15.6. The second-order valence-corrected chi connectivity index (χ2v) is 15.6. The molecule has 2 saturated carbocycles. The highest BCUT2D eigenvalue weighted by atomic mass is 16.6. The molecule has 0 aromatic heterocycles. The first kappa shape index (κ1) is 38.6. The van der Waals surface area contributed by atoms with E-state index in [1.165, 1.54) is 6.08 Å². The third-order valence-electron chi connectivity index (χ3n) is 10.4. The molecule has 1 saturated heterocycles. The lowest BCUT2D eigenvalue weighted by Gasteiger charge is -2.37. The van der Waals surface area contributed by atoms with Gasteiger partial charge in [0.25, 0.3) is 5.91 Å². The molecule has 1 aliphatic heterocycles. The van der Waals surface area contributed by atoms with Crippen molar-refractivity contribution >= 4 is 35.5 Å². The van der Waals surface area contributed by atoms with Crippen molar-refractivity contribution in [1.82, 2.24) is 25.8 Å². The number of fused-ring (bicyclic) bond motifs is 1. The van der Waals surface area contributed by atoms with Crippen molar-refractivity contribution in [3.8, 4) is 0 Å². The van der Waals surface area contributed by atoms with Gasteiger partial charge in [-0.25, -0.2) is 4.79 Å². The van der Waals surface area contributed by atoms with E-state index in [9.17, 15) is 28.8 Å². The van der Waals surface area contributed by atoms with E-state index in [-0.39, 0.29) is 54.4 Å². The zero-order valence-corrected chi connectivity index (χ0v) is 30.5. The van der Waals surface area contributed by atoms with E-state index >= 15 is 0 Å². The van der Waals surface area contributed by atoms with Crippen molar-refractivity contribution < 1.29 is 33.5 Å². The van der Waals surface area contributed by atoms with Gasteiger partial charge in [-0.1, -0.05) is 69.5 Å². The molecule has 3 aliphatic rings. The monoisotopic (exact) mass is 693 g/mol. The maximum atomic E-state index is 14.3. The van der Waals surface area contributed by atoms with E-state index in [1.807, 2.05) is 30.3 Å². The van der Waals surface area contributed by atoms with Crippen LogP contribution < -0.4 is 16.0 Å². The largest absolute Gasteiger partial charge is 0.444 e. The molecule has 5 atom stereocenters. The molecule has 1 aromatic rings. The Labute approximate surface area is 296 Å². The Balaban J connectivity index is 1.42. The molecule has 0 bridgehead atoms. The molecule has 274 valence electrons. The number of benzene rings is 1. The normalized spacial score (nSPS) is 22.3. The molecule has 1 aromatic carbocycles. The van der Waals surface area contributed by atoms with Crippen LogP contribution >= 0.6 is 0 Å². The standard InChI is InChI=1S/C38H55N5O7/c1-8-15-27(32(45)34(47)39-21-20-28(44)42(7)22-24-16-11-9-12-17-24)40-33(46)31-29-26(38(29,5)6)23-43(31)35(48)30(25-18-13-10-14-19-25)41-36(49)50-37(2,3)4/h8-9,11-12,16-17,25-27,29-31H,1,10,13-15,18-23H2,2-7H3,(H,39,47)(H,40,46)(H,41,49)/t26-,27?,29-,30-,31-/m0/s1. The number of carbonyl (C=O) groups is 6. The lowest BCUT2D eigenvalue weighted by Crippen LogP contribution is -2.59. The topological polar surface area (TPSA) is 154 Å². The first-order valence-corrected chi connectivity index (χ1v) is 17.9. The third-order valence-corrected chi connectivity index (χ3v) is 10.4. The quantitative estimate of drug-likeness (QED) is 0.198. The molecule has 3 fully saturated rings. The third kappa shape index (κ3) is 9.51. The van der Waals surface area contributed by atoms with Gasteiger partial charge < -0.3 is 30.5 Å². The number of nitrogens with one attached hydrogen (secondary N) is 3. The highest BCUT2D eigenvalue weighted by Gasteiger charge is 2.69. The molecule has 3 N–H and O–H groups in total. The molecule has 12 nitrogen and oxygen atoms in total. The van der Waals surface area contributed by atoms with Crippen molar-refractivity contribution in [2.75, 3.05) is 20.1 Å². The predicted octanol–water partition coefficient (Wildman–Crippen LogP) is 3.74. The van der Waals surface area contributed by atoms with Crippen molar-refractivity contribution in [3.63, 3.8) is 0 Å². The summed E-state index contributed by atoms with van der Waals surface area (Å²) in [7, 11) is 1.67. The van der Waals surface area contributed by atoms with Crippen LogP contribution in [0.3, 0.4) is 0 Å². The minimum Gasteiger partial charge on any atom is -0.444 e. The summed E-state index contributed by atoms with van der Waals surface area (Å²) in [6, 6.07) is 6.57. The average molecular weight is 694 g/mol. The molecule has 12 heteroatoms. The Bertz CT molecular complexity index is 1430. The number of Topliss-reactive ketones (excluding diaryl/α,β-unsaturated/α-hetero) is 1. The van der Waals surface area contributed by atoms with Gasteiger partial charge in [0.15, 0.2) is 0 Å². The van der Waals surface area contributed by atoms with E-state index in [4.69, 9.17) is 4.74 Å². The summed E-state index contributed by atoms with van der Waals surface area (Å²) in [6.45, 7) is 13.8. The number of piperidine rings is 1. The molecule has 1 heterocycles. The number of carbonyl (C=O) groups excluding carboxylic acids is 6. The number of alkyl carbamates (subject to hydrolysis) is 1. The van der Waals surface area contributed by atoms with E-state index in [0.29, 0.717) is 13.1 Å². The average Bonchev–Trinajstić information content (AvgIpc) is 3.37. The van der Waals surface area contributed by atoms with E-state index < -0.39 is 47.4 Å². The van der Waals surface area contributed by atoms with Crippen LogP contribution in [0.5, 0.6) is 0 Å². The Hall–Kier alpha value is -4.22. The lowest BCUT2D eigenvalue weighted by atomic mass is 9.83. The summed E-state index contributed by atoms with van der Waals surface area (Å²) < 4.78 is 5.51. The lowest BCUT2D eigenvalue weighted by molar-refractivity contribution is -0.145. The molecule has 50 heavy (non-hydrogen) atoms. The van der Waals surface area contributed by atoms with Gasteiger partial charge in [-0.05, 0) is 68.8 Å². The number of ether oxygens (including phenoxy) is 1. The summed E-state index contributed by atoms with van der Waals surface area (Å²) in [4.78, 5) is 83.2. The van der Waals surface area contributed by atoms with Gasteiger partial charge in [-0.15, -0.1) is 6.58 Å². The fourth-order valence-electron chi connectivity index (χ4n) is 7.60. The van der Waals surface area contributed by atoms with Gasteiger partial charge in [0.05, 0.1) is 0 Å². The van der Waals surface area contributed by atoms with Crippen LogP contribution in [-0.4, -0.2) is 89.2 Å². The van der Waals surface area contributed by atoms with Gasteiger partial charge >= 0.3 is 6.09 Å². The Morgan fingerprint density at radius 3 is 2.32 bits per heavy atom. The van der Waals surface area contributed by atoms with Gasteiger partial charge in [-0.3, -0.25) is 24.0 Å². The first-order valence-electron chi connectivity index (χ1n) is 17.9. The fourth-order valence-corrected chi connectivity index (χ4v) is 7.60. The van der Waals surface area contributed by atoms with Gasteiger partial charge in [0, 0.05) is 33.1 Å². The maximum absolute atomic E-state index is 14.3. The van der Waals surface area contributed by atoms with Crippen LogP contribution in [0.4, 0.5) is 4.79 Å². The molecule has 0 radical (unpaired) electrons. The van der Waals surface area contributed by atoms with Crippen LogP contribution in [0.1, 0.15) is 85.1 Å². The van der Waals surface area contributed by atoms with Crippen molar-refractivity contribution in [2.24, 2.45) is 23.2 Å². The summed E-state index contributed by atoms with van der Waals surface area (Å²) in [5.74, 6) is -3.01. The Kier molecular flexibility index (Phi) is 12.5. The molecular weight excluding hydrogens is 638 g/mol. The van der Waals surface area contributed by atoms with Crippen LogP contribution in [0.25, 0.3) is 0 Å². The van der Waals surface area contributed by atoms with Gasteiger partial charge in [0.2, 0.25) is 23.5 Å². The molecule has 5 amide bonds. The van der Waals surface area contributed by atoms with Crippen LogP contribution in [-0.2, 0) is 35.3 Å².